The van der Waals surface area contributed by atoms with Gasteiger partial charge in [0.05, 0.1) is 11.1 Å². The summed E-state index contributed by atoms with van der Waals surface area (Å²) in [4.78, 5) is 18.1. The molecule has 0 saturated heterocycles. The third-order valence-electron chi connectivity index (χ3n) is 3.10. The van der Waals surface area contributed by atoms with Crippen molar-refractivity contribution in [2.45, 2.75) is 6.92 Å². The standard InChI is InChI=1S/C15H10F2N2O2/c1-7-2-8(4-9(16)3-7)14-18-12-6-10(17)5-11(15(20)21)13(12)19-14/h2-6H,1H3,(H,18,19)(H,20,21). The lowest BCUT2D eigenvalue weighted by molar-refractivity contribution is 0.0698. The van der Waals surface area contributed by atoms with Crippen molar-refractivity contribution in [1.29, 1.82) is 0 Å². The van der Waals surface area contributed by atoms with Gasteiger partial charge in [0.25, 0.3) is 0 Å². The summed E-state index contributed by atoms with van der Waals surface area (Å²) < 4.78 is 26.9. The van der Waals surface area contributed by atoms with Crippen LogP contribution in [0.2, 0.25) is 0 Å². The average Bonchev–Trinajstić information content (AvgIpc) is 2.79. The molecule has 0 aliphatic heterocycles. The number of H-pyrrole nitrogens is 1. The molecule has 0 amide bonds. The fourth-order valence-electron chi connectivity index (χ4n) is 2.26. The number of aromatic amines is 1. The molecule has 6 heteroatoms. The van der Waals surface area contributed by atoms with Crippen LogP contribution in [0.1, 0.15) is 15.9 Å². The zero-order valence-electron chi connectivity index (χ0n) is 10.9. The summed E-state index contributed by atoms with van der Waals surface area (Å²) in [5, 5.41) is 9.09. The van der Waals surface area contributed by atoms with Crippen LogP contribution in [-0.4, -0.2) is 21.0 Å². The Balaban J connectivity index is 2.26. The third-order valence-corrected chi connectivity index (χ3v) is 3.10. The zero-order chi connectivity index (χ0) is 15.1. The van der Waals surface area contributed by atoms with E-state index in [1.54, 1.807) is 13.0 Å². The smallest absolute Gasteiger partial charge is 0.338 e. The van der Waals surface area contributed by atoms with Gasteiger partial charge in [0.2, 0.25) is 0 Å². The normalized spacial score (nSPS) is 11.0. The Morgan fingerprint density at radius 3 is 2.52 bits per heavy atom. The minimum atomic E-state index is -1.27. The molecular weight excluding hydrogens is 278 g/mol. The molecule has 0 fully saturated rings. The first-order valence-corrected chi connectivity index (χ1v) is 6.14. The van der Waals surface area contributed by atoms with E-state index in [9.17, 15) is 13.6 Å². The van der Waals surface area contributed by atoms with Crippen LogP contribution in [0.5, 0.6) is 0 Å². The fourth-order valence-corrected chi connectivity index (χ4v) is 2.26. The van der Waals surface area contributed by atoms with Gasteiger partial charge in [0.15, 0.2) is 0 Å². The molecule has 0 unspecified atom stereocenters. The van der Waals surface area contributed by atoms with E-state index in [1.165, 1.54) is 12.1 Å². The molecule has 0 saturated carbocycles. The van der Waals surface area contributed by atoms with Crippen molar-refractivity contribution in [3.8, 4) is 11.4 Å². The highest BCUT2D eigenvalue weighted by Crippen LogP contribution is 2.25. The Hall–Kier alpha value is -2.76. The lowest BCUT2D eigenvalue weighted by Gasteiger charge is -1.99. The van der Waals surface area contributed by atoms with Crippen LogP contribution in [0.4, 0.5) is 8.78 Å². The second-order valence-electron chi connectivity index (χ2n) is 4.76. The lowest BCUT2D eigenvalue weighted by atomic mass is 10.1. The molecule has 4 nitrogen and oxygen atoms in total. The molecule has 1 aromatic heterocycles. The number of hydrogen-bond acceptors (Lipinski definition) is 2. The molecule has 0 atom stereocenters. The molecule has 0 spiro atoms. The summed E-state index contributed by atoms with van der Waals surface area (Å²) in [6.45, 7) is 1.73. The van der Waals surface area contributed by atoms with Gasteiger partial charge in [-0.15, -0.1) is 0 Å². The number of aryl methyl sites for hydroxylation is 1. The van der Waals surface area contributed by atoms with Gasteiger partial charge in [-0.3, -0.25) is 0 Å². The molecule has 2 N–H and O–H groups in total. The number of rotatable bonds is 2. The SMILES string of the molecule is Cc1cc(F)cc(-c2nc3c(C(=O)O)cc(F)cc3[nH]2)c1. The molecule has 3 rings (SSSR count). The Kier molecular flexibility index (Phi) is 2.94. The van der Waals surface area contributed by atoms with Crippen LogP contribution in [0.15, 0.2) is 30.3 Å². The van der Waals surface area contributed by atoms with Crippen LogP contribution in [0, 0.1) is 18.6 Å². The zero-order valence-corrected chi connectivity index (χ0v) is 10.9. The van der Waals surface area contributed by atoms with E-state index in [2.05, 4.69) is 9.97 Å². The fraction of sp³-hybridized carbons (Fsp3) is 0.0667. The summed E-state index contributed by atoms with van der Waals surface area (Å²) in [5.41, 5.74) is 1.33. The van der Waals surface area contributed by atoms with E-state index in [4.69, 9.17) is 5.11 Å². The minimum Gasteiger partial charge on any atom is -0.478 e. The van der Waals surface area contributed by atoms with Crippen molar-refractivity contribution in [3.63, 3.8) is 0 Å². The Morgan fingerprint density at radius 1 is 1.14 bits per heavy atom. The maximum Gasteiger partial charge on any atom is 0.338 e. The third kappa shape index (κ3) is 2.35. The molecular formula is C15H10F2N2O2. The summed E-state index contributed by atoms with van der Waals surface area (Å²) >= 11 is 0. The number of benzene rings is 2. The van der Waals surface area contributed by atoms with Gasteiger partial charge in [0.1, 0.15) is 23.0 Å². The second-order valence-corrected chi connectivity index (χ2v) is 4.76. The first-order chi connectivity index (χ1) is 9.94. The molecule has 0 aliphatic carbocycles. The van der Waals surface area contributed by atoms with Crippen LogP contribution in [0.3, 0.4) is 0 Å². The van der Waals surface area contributed by atoms with E-state index < -0.39 is 17.6 Å². The number of halogens is 2. The van der Waals surface area contributed by atoms with Gasteiger partial charge >= 0.3 is 5.97 Å². The van der Waals surface area contributed by atoms with E-state index >= 15 is 0 Å². The van der Waals surface area contributed by atoms with Crippen molar-refractivity contribution in [2.24, 2.45) is 0 Å². The largest absolute Gasteiger partial charge is 0.478 e. The predicted octanol–water partition coefficient (Wildman–Crippen LogP) is 3.51. The van der Waals surface area contributed by atoms with Crippen molar-refractivity contribution in [2.75, 3.05) is 0 Å². The first kappa shape index (κ1) is 13.2. The topological polar surface area (TPSA) is 66.0 Å². The summed E-state index contributed by atoms with van der Waals surface area (Å²) in [5.74, 6) is -2.07. The number of carboxylic acids is 1. The van der Waals surface area contributed by atoms with Crippen molar-refractivity contribution < 1.29 is 18.7 Å². The maximum atomic E-state index is 13.4. The van der Waals surface area contributed by atoms with E-state index in [0.29, 0.717) is 17.0 Å². The first-order valence-electron chi connectivity index (χ1n) is 6.14. The quantitative estimate of drug-likeness (QED) is 0.758. The maximum absolute atomic E-state index is 13.4. The van der Waals surface area contributed by atoms with Gasteiger partial charge in [-0.2, -0.15) is 0 Å². The average molecular weight is 288 g/mol. The van der Waals surface area contributed by atoms with Crippen LogP contribution in [-0.2, 0) is 0 Å². The minimum absolute atomic E-state index is 0.140. The van der Waals surface area contributed by atoms with E-state index in [0.717, 1.165) is 12.1 Å². The molecule has 106 valence electrons. The van der Waals surface area contributed by atoms with Gasteiger partial charge in [0, 0.05) is 5.56 Å². The van der Waals surface area contributed by atoms with Crippen molar-refractivity contribution >= 4 is 17.0 Å². The molecule has 21 heavy (non-hydrogen) atoms. The van der Waals surface area contributed by atoms with Gasteiger partial charge in [-0.1, -0.05) is 0 Å². The van der Waals surface area contributed by atoms with Crippen molar-refractivity contribution in [1.82, 2.24) is 9.97 Å². The molecule has 2 aromatic carbocycles. The highest BCUT2D eigenvalue weighted by molar-refractivity contribution is 6.01. The second kappa shape index (κ2) is 4.66. The lowest BCUT2D eigenvalue weighted by Crippen LogP contribution is -1.98. The summed E-state index contributed by atoms with van der Waals surface area (Å²) in [6, 6.07) is 6.42. The van der Waals surface area contributed by atoms with Crippen LogP contribution in [0.25, 0.3) is 22.4 Å². The van der Waals surface area contributed by atoms with Gasteiger partial charge in [-0.25, -0.2) is 18.6 Å². The highest BCUT2D eigenvalue weighted by atomic mass is 19.1. The number of hydrogen-bond donors (Lipinski definition) is 2. The number of imidazole rings is 1. The van der Waals surface area contributed by atoms with E-state index in [1.807, 2.05) is 0 Å². The summed E-state index contributed by atoms with van der Waals surface area (Å²) in [6.07, 6.45) is 0. The Labute approximate surface area is 118 Å². The predicted molar refractivity (Wildman–Crippen MR) is 73.1 cm³/mol. The molecule has 0 aliphatic rings. The Bertz CT molecular complexity index is 851. The number of fused-ring (bicyclic) bond motifs is 1. The Morgan fingerprint density at radius 2 is 1.86 bits per heavy atom. The molecule has 3 aromatic rings. The molecule has 0 bridgehead atoms. The number of carboxylic acid groups (broad SMARTS) is 1. The van der Waals surface area contributed by atoms with Crippen LogP contribution >= 0.6 is 0 Å². The highest BCUT2D eigenvalue weighted by Gasteiger charge is 2.16. The van der Waals surface area contributed by atoms with Gasteiger partial charge in [-0.05, 0) is 42.8 Å². The number of nitrogens with zero attached hydrogens (tertiary/aromatic N) is 1. The number of aromatic nitrogens is 2. The van der Waals surface area contributed by atoms with Crippen LogP contribution < -0.4 is 0 Å². The number of aromatic carboxylic acids is 1. The number of nitrogens with one attached hydrogen (secondary N) is 1. The molecule has 0 radical (unpaired) electrons. The summed E-state index contributed by atoms with van der Waals surface area (Å²) in [7, 11) is 0. The van der Waals surface area contributed by atoms with Gasteiger partial charge < -0.3 is 10.1 Å². The molecule has 1 heterocycles. The number of carbonyl (C=O) groups is 1. The van der Waals surface area contributed by atoms with Crippen molar-refractivity contribution in [3.05, 3.63) is 53.1 Å². The van der Waals surface area contributed by atoms with E-state index in [-0.39, 0.29) is 16.6 Å². The monoisotopic (exact) mass is 288 g/mol.